The lowest BCUT2D eigenvalue weighted by molar-refractivity contribution is -0.138. The van der Waals surface area contributed by atoms with Crippen LogP contribution in [0.15, 0.2) is 29.2 Å². The van der Waals surface area contributed by atoms with Gasteiger partial charge in [-0.3, -0.25) is 4.79 Å². The highest BCUT2D eigenvalue weighted by atomic mass is 32.2. The molecular formula is C11H10O2S. The molecule has 0 bridgehead atoms. The lowest BCUT2D eigenvalue weighted by Gasteiger charge is -2.12. The van der Waals surface area contributed by atoms with Crippen LogP contribution in [-0.2, 0) is 4.79 Å². The van der Waals surface area contributed by atoms with Gasteiger partial charge in [0.25, 0.3) is 0 Å². The van der Waals surface area contributed by atoms with E-state index in [0.29, 0.717) is 11.8 Å². The molecule has 3 heteroatoms. The summed E-state index contributed by atoms with van der Waals surface area (Å²) in [5.41, 5.74) is 1.25. The summed E-state index contributed by atoms with van der Waals surface area (Å²) >= 11 is 1.80. The van der Waals surface area contributed by atoms with Crippen molar-refractivity contribution in [3.05, 3.63) is 29.8 Å². The van der Waals surface area contributed by atoms with Crippen molar-refractivity contribution >= 4 is 17.7 Å². The number of thioether (sulfide) groups is 1. The summed E-state index contributed by atoms with van der Waals surface area (Å²) in [6.45, 7) is 0. The number of fused-ring (bicyclic) bond motifs is 3. The van der Waals surface area contributed by atoms with E-state index in [-0.39, 0.29) is 5.92 Å². The van der Waals surface area contributed by atoms with Gasteiger partial charge >= 0.3 is 5.97 Å². The second-order valence-electron chi connectivity index (χ2n) is 3.90. The van der Waals surface area contributed by atoms with Gasteiger partial charge in [0.15, 0.2) is 0 Å². The van der Waals surface area contributed by atoms with Crippen molar-refractivity contribution in [2.75, 3.05) is 5.75 Å². The van der Waals surface area contributed by atoms with E-state index in [1.165, 1.54) is 10.5 Å². The summed E-state index contributed by atoms with van der Waals surface area (Å²) in [7, 11) is 0. The van der Waals surface area contributed by atoms with Gasteiger partial charge in [0, 0.05) is 16.6 Å². The van der Waals surface area contributed by atoms with Crippen LogP contribution < -0.4 is 0 Å². The minimum atomic E-state index is -0.627. The topological polar surface area (TPSA) is 37.3 Å². The maximum atomic E-state index is 10.9. The van der Waals surface area contributed by atoms with Gasteiger partial charge in [-0.2, -0.15) is 0 Å². The predicted molar refractivity (Wildman–Crippen MR) is 54.5 cm³/mol. The van der Waals surface area contributed by atoms with E-state index < -0.39 is 5.97 Å². The molecule has 1 aliphatic heterocycles. The first kappa shape index (κ1) is 8.36. The molecule has 0 spiro atoms. The molecule has 14 heavy (non-hydrogen) atoms. The molecule has 0 aromatic heterocycles. The second-order valence-corrected chi connectivity index (χ2v) is 4.96. The van der Waals surface area contributed by atoms with Crippen molar-refractivity contribution in [3.8, 4) is 0 Å². The van der Waals surface area contributed by atoms with Gasteiger partial charge < -0.3 is 5.11 Å². The molecular weight excluding hydrogens is 196 g/mol. The maximum absolute atomic E-state index is 10.9. The summed E-state index contributed by atoms with van der Waals surface area (Å²) < 4.78 is 0. The van der Waals surface area contributed by atoms with Crippen LogP contribution in [0.1, 0.15) is 11.5 Å². The molecule has 3 atom stereocenters. The Morgan fingerprint density at radius 1 is 1.43 bits per heavy atom. The Labute approximate surface area is 86.3 Å². The fourth-order valence-electron chi connectivity index (χ4n) is 2.42. The van der Waals surface area contributed by atoms with E-state index in [9.17, 15) is 4.79 Å². The monoisotopic (exact) mass is 206 g/mol. The molecule has 1 heterocycles. The summed E-state index contributed by atoms with van der Waals surface area (Å²) in [5.74, 6) is 0.902. The van der Waals surface area contributed by atoms with Crippen molar-refractivity contribution in [1.29, 1.82) is 0 Å². The smallest absolute Gasteiger partial charge is 0.307 e. The van der Waals surface area contributed by atoms with Crippen LogP contribution in [0.4, 0.5) is 0 Å². The number of aliphatic carboxylic acids is 1. The number of hydrogen-bond acceptors (Lipinski definition) is 2. The van der Waals surface area contributed by atoms with E-state index in [2.05, 4.69) is 12.1 Å². The highest BCUT2D eigenvalue weighted by Crippen LogP contribution is 2.60. The number of benzene rings is 1. The molecule has 1 saturated carbocycles. The lowest BCUT2D eigenvalue weighted by Crippen LogP contribution is -2.00. The number of carbonyl (C=O) groups is 1. The lowest BCUT2D eigenvalue weighted by atomic mass is 10.1. The summed E-state index contributed by atoms with van der Waals surface area (Å²) in [5, 5.41) is 9.00. The second kappa shape index (κ2) is 2.76. The zero-order valence-electron chi connectivity index (χ0n) is 7.51. The van der Waals surface area contributed by atoms with E-state index in [1.807, 2.05) is 12.1 Å². The summed E-state index contributed by atoms with van der Waals surface area (Å²) in [6, 6.07) is 8.18. The molecule has 1 fully saturated rings. The average Bonchev–Trinajstić information content (AvgIpc) is 2.92. The van der Waals surface area contributed by atoms with Crippen LogP contribution >= 0.6 is 11.8 Å². The Morgan fingerprint density at radius 3 is 3.00 bits per heavy atom. The fraction of sp³-hybridized carbons (Fsp3) is 0.364. The average molecular weight is 206 g/mol. The molecule has 2 aliphatic rings. The van der Waals surface area contributed by atoms with Crippen molar-refractivity contribution in [1.82, 2.24) is 0 Å². The van der Waals surface area contributed by atoms with E-state index in [1.54, 1.807) is 11.8 Å². The van der Waals surface area contributed by atoms with Crippen molar-refractivity contribution in [3.63, 3.8) is 0 Å². The fourth-order valence-corrected chi connectivity index (χ4v) is 3.75. The highest BCUT2D eigenvalue weighted by Gasteiger charge is 2.57. The minimum absolute atomic E-state index is 0.119. The van der Waals surface area contributed by atoms with Crippen molar-refractivity contribution in [2.45, 2.75) is 10.8 Å². The van der Waals surface area contributed by atoms with Gasteiger partial charge in [-0.15, -0.1) is 11.8 Å². The molecule has 72 valence electrons. The number of carboxylic acids is 1. The van der Waals surface area contributed by atoms with Crippen molar-refractivity contribution in [2.24, 2.45) is 11.8 Å². The van der Waals surface area contributed by atoms with E-state index >= 15 is 0 Å². The van der Waals surface area contributed by atoms with Crippen LogP contribution in [-0.4, -0.2) is 16.8 Å². The molecule has 2 nitrogen and oxygen atoms in total. The third-order valence-electron chi connectivity index (χ3n) is 3.16. The van der Waals surface area contributed by atoms with Gasteiger partial charge in [0.2, 0.25) is 0 Å². The third kappa shape index (κ3) is 1.02. The molecule has 3 rings (SSSR count). The first-order valence-corrected chi connectivity index (χ1v) is 5.72. The molecule has 0 unspecified atom stereocenters. The molecule has 1 N–H and O–H groups in total. The number of hydrogen-bond donors (Lipinski definition) is 1. The van der Waals surface area contributed by atoms with Gasteiger partial charge in [-0.05, 0) is 17.5 Å². The van der Waals surface area contributed by atoms with Crippen LogP contribution in [0.5, 0.6) is 0 Å². The van der Waals surface area contributed by atoms with Crippen LogP contribution in [0.25, 0.3) is 0 Å². The molecule has 0 radical (unpaired) electrons. The van der Waals surface area contributed by atoms with Crippen LogP contribution in [0.2, 0.25) is 0 Å². The molecule has 1 aromatic rings. The number of rotatable bonds is 1. The largest absolute Gasteiger partial charge is 0.481 e. The quantitative estimate of drug-likeness (QED) is 0.765. The van der Waals surface area contributed by atoms with E-state index in [4.69, 9.17) is 5.11 Å². The zero-order valence-corrected chi connectivity index (χ0v) is 8.33. The normalized spacial score (nSPS) is 33.0. The Morgan fingerprint density at radius 2 is 2.21 bits per heavy atom. The van der Waals surface area contributed by atoms with Gasteiger partial charge in [0.05, 0.1) is 5.92 Å². The number of carboxylic acid groups (broad SMARTS) is 1. The van der Waals surface area contributed by atoms with Gasteiger partial charge in [-0.25, -0.2) is 0 Å². The molecule has 0 saturated heterocycles. The van der Waals surface area contributed by atoms with Crippen LogP contribution in [0, 0.1) is 11.8 Å². The Kier molecular flexibility index (Phi) is 1.65. The third-order valence-corrected chi connectivity index (χ3v) is 4.40. The Bertz CT molecular complexity index is 402. The Balaban J connectivity index is 2.00. The SMILES string of the molecule is O=C(O)[C@H]1[C@H]2CSc3ccccc3[C@H]21. The van der Waals surface area contributed by atoms with E-state index in [0.717, 1.165) is 5.75 Å². The molecule has 0 amide bonds. The minimum Gasteiger partial charge on any atom is -0.481 e. The first-order chi connectivity index (χ1) is 6.79. The zero-order chi connectivity index (χ0) is 9.71. The van der Waals surface area contributed by atoms with Crippen molar-refractivity contribution < 1.29 is 9.90 Å². The standard InChI is InChI=1S/C11H10O2S/c12-11(13)10-7-5-14-8-4-2-1-3-6(8)9(7)10/h1-4,7,9-10H,5H2,(H,12,13)/t7-,9+,10-/m0/s1. The summed E-state index contributed by atoms with van der Waals surface area (Å²) in [4.78, 5) is 12.2. The summed E-state index contributed by atoms with van der Waals surface area (Å²) in [6.07, 6.45) is 0. The maximum Gasteiger partial charge on any atom is 0.307 e. The van der Waals surface area contributed by atoms with Gasteiger partial charge in [0.1, 0.15) is 0 Å². The molecule has 1 aromatic carbocycles. The molecule has 1 aliphatic carbocycles. The van der Waals surface area contributed by atoms with Crippen LogP contribution in [0.3, 0.4) is 0 Å². The van der Waals surface area contributed by atoms with Gasteiger partial charge in [-0.1, -0.05) is 18.2 Å². The first-order valence-electron chi connectivity index (χ1n) is 4.73. The predicted octanol–water partition coefficient (Wildman–Crippen LogP) is 2.21. The Hall–Kier alpha value is -0.960. The highest BCUT2D eigenvalue weighted by molar-refractivity contribution is 7.99.